The molecule has 0 spiro atoms. The molecule has 108 valence electrons. The van der Waals surface area contributed by atoms with Crippen molar-refractivity contribution < 1.29 is 19.7 Å². The zero-order valence-electron chi connectivity index (χ0n) is 11.2. The van der Waals surface area contributed by atoms with Crippen molar-refractivity contribution in [1.82, 2.24) is 4.90 Å². The summed E-state index contributed by atoms with van der Waals surface area (Å²) in [5.41, 5.74) is 0.189. The van der Waals surface area contributed by atoms with Gasteiger partial charge >= 0.3 is 5.97 Å². The maximum atomic E-state index is 11.9. The Morgan fingerprint density at radius 2 is 2.05 bits per heavy atom. The number of para-hydroxylation sites is 1. The van der Waals surface area contributed by atoms with Crippen molar-refractivity contribution in [2.75, 3.05) is 19.7 Å². The summed E-state index contributed by atoms with van der Waals surface area (Å²) in [6.45, 7) is 2.18. The third-order valence-electron chi connectivity index (χ3n) is 4.35. The highest BCUT2D eigenvalue weighted by Gasteiger charge is 2.43. The summed E-state index contributed by atoms with van der Waals surface area (Å²) in [5.74, 6) is -0.386. The molecule has 1 aromatic carbocycles. The Morgan fingerprint density at radius 1 is 1.30 bits per heavy atom. The van der Waals surface area contributed by atoms with Crippen molar-refractivity contribution in [3.63, 3.8) is 0 Å². The average molecular weight is 277 g/mol. The Hall–Kier alpha value is -1.59. The number of fused-ring (bicyclic) bond motifs is 1. The molecule has 2 saturated heterocycles. The summed E-state index contributed by atoms with van der Waals surface area (Å²) in [7, 11) is 0. The molecule has 0 amide bonds. The number of benzene rings is 1. The molecule has 0 aliphatic carbocycles. The number of rotatable bonds is 3. The van der Waals surface area contributed by atoms with Gasteiger partial charge in [0.15, 0.2) is 0 Å². The minimum absolute atomic E-state index is 0.0635. The minimum Gasteiger partial charge on any atom is -0.507 e. The van der Waals surface area contributed by atoms with Crippen molar-refractivity contribution in [3.8, 4) is 5.75 Å². The second-order valence-electron chi connectivity index (χ2n) is 5.55. The van der Waals surface area contributed by atoms with E-state index in [2.05, 4.69) is 4.90 Å². The number of nitrogens with zero attached hydrogens (tertiary/aromatic N) is 1. The summed E-state index contributed by atoms with van der Waals surface area (Å²) in [5, 5.41) is 19.6. The van der Waals surface area contributed by atoms with E-state index in [-0.39, 0.29) is 29.4 Å². The van der Waals surface area contributed by atoms with Gasteiger partial charge < -0.3 is 14.9 Å². The Kier molecular flexibility index (Phi) is 3.63. The van der Waals surface area contributed by atoms with Gasteiger partial charge in [0.1, 0.15) is 11.3 Å². The first-order valence-electron chi connectivity index (χ1n) is 7.04. The second kappa shape index (κ2) is 5.42. The standard InChI is InChI=1S/C15H19NO4/c17-12-4-2-1-3-11(12)15(19)20-9-10-5-7-16-8-6-13(18)14(10)16/h1-4,10,13-14,17-18H,5-9H2/t10-,13-,14-/m1/s1. The third-order valence-corrected chi connectivity index (χ3v) is 4.35. The van der Waals surface area contributed by atoms with E-state index in [0.29, 0.717) is 6.61 Å². The molecule has 2 aliphatic heterocycles. The van der Waals surface area contributed by atoms with Crippen LogP contribution in [0.15, 0.2) is 24.3 Å². The van der Waals surface area contributed by atoms with Gasteiger partial charge in [-0.15, -0.1) is 0 Å². The van der Waals surface area contributed by atoms with Crippen LogP contribution in [0.3, 0.4) is 0 Å². The number of ether oxygens (including phenoxy) is 1. The van der Waals surface area contributed by atoms with Crippen LogP contribution in [0.2, 0.25) is 0 Å². The molecule has 2 heterocycles. The zero-order valence-corrected chi connectivity index (χ0v) is 11.2. The first-order valence-corrected chi connectivity index (χ1v) is 7.04. The van der Waals surface area contributed by atoms with Gasteiger partial charge in [-0.05, 0) is 31.5 Å². The topological polar surface area (TPSA) is 70.0 Å². The number of carbonyl (C=O) groups is 1. The van der Waals surface area contributed by atoms with Gasteiger partial charge in [-0.25, -0.2) is 4.79 Å². The van der Waals surface area contributed by atoms with Gasteiger partial charge in [0.25, 0.3) is 0 Å². The van der Waals surface area contributed by atoms with E-state index in [1.54, 1.807) is 18.2 Å². The Bertz CT molecular complexity index is 504. The molecule has 0 radical (unpaired) electrons. The first-order chi connectivity index (χ1) is 9.66. The van der Waals surface area contributed by atoms with Crippen LogP contribution in [0, 0.1) is 5.92 Å². The van der Waals surface area contributed by atoms with Crippen molar-refractivity contribution >= 4 is 5.97 Å². The fourth-order valence-electron chi connectivity index (χ4n) is 3.33. The smallest absolute Gasteiger partial charge is 0.341 e. The van der Waals surface area contributed by atoms with E-state index in [0.717, 1.165) is 25.9 Å². The van der Waals surface area contributed by atoms with Gasteiger partial charge in [-0.2, -0.15) is 0 Å². The number of phenols is 1. The van der Waals surface area contributed by atoms with Crippen molar-refractivity contribution in [3.05, 3.63) is 29.8 Å². The number of carbonyl (C=O) groups excluding carboxylic acids is 1. The van der Waals surface area contributed by atoms with Gasteiger partial charge in [-0.1, -0.05) is 12.1 Å². The molecule has 1 aromatic rings. The van der Waals surface area contributed by atoms with Gasteiger partial charge in [0, 0.05) is 18.5 Å². The van der Waals surface area contributed by atoms with E-state index in [4.69, 9.17) is 4.74 Å². The quantitative estimate of drug-likeness (QED) is 0.807. The second-order valence-corrected chi connectivity index (χ2v) is 5.55. The van der Waals surface area contributed by atoms with Crippen LogP contribution in [0.4, 0.5) is 0 Å². The first kappa shape index (κ1) is 13.4. The number of hydrogen-bond acceptors (Lipinski definition) is 5. The fraction of sp³-hybridized carbons (Fsp3) is 0.533. The number of aromatic hydroxyl groups is 1. The number of esters is 1. The Balaban J connectivity index is 1.60. The predicted molar refractivity (Wildman–Crippen MR) is 72.5 cm³/mol. The molecular weight excluding hydrogens is 258 g/mol. The average Bonchev–Trinajstić information content (AvgIpc) is 3.00. The highest BCUT2D eigenvalue weighted by atomic mass is 16.5. The molecule has 0 aromatic heterocycles. The van der Waals surface area contributed by atoms with Crippen LogP contribution in [0.1, 0.15) is 23.2 Å². The summed E-state index contributed by atoms with van der Waals surface area (Å²) >= 11 is 0. The molecule has 2 aliphatic rings. The lowest BCUT2D eigenvalue weighted by molar-refractivity contribution is 0.0337. The van der Waals surface area contributed by atoms with Crippen LogP contribution in [-0.2, 0) is 4.74 Å². The minimum atomic E-state index is -0.506. The predicted octanol–water partition coefficient (Wildman–Crippen LogP) is 1.00. The highest BCUT2D eigenvalue weighted by molar-refractivity contribution is 5.92. The summed E-state index contributed by atoms with van der Waals surface area (Å²) in [6.07, 6.45) is 1.43. The number of hydrogen-bond donors (Lipinski definition) is 2. The summed E-state index contributed by atoms with van der Waals surface area (Å²) < 4.78 is 5.31. The summed E-state index contributed by atoms with van der Waals surface area (Å²) in [4.78, 5) is 14.2. The number of phenolic OH excluding ortho intramolecular Hbond substituents is 1. The molecule has 2 fully saturated rings. The van der Waals surface area contributed by atoms with Gasteiger partial charge in [0.2, 0.25) is 0 Å². The molecule has 20 heavy (non-hydrogen) atoms. The highest BCUT2D eigenvalue weighted by Crippen LogP contribution is 2.33. The molecule has 5 heteroatoms. The molecule has 3 rings (SSSR count). The van der Waals surface area contributed by atoms with Crippen LogP contribution in [0.25, 0.3) is 0 Å². The van der Waals surface area contributed by atoms with E-state index in [9.17, 15) is 15.0 Å². The molecule has 5 nitrogen and oxygen atoms in total. The largest absolute Gasteiger partial charge is 0.507 e. The normalized spacial score (nSPS) is 29.4. The molecular formula is C15H19NO4. The molecule has 0 unspecified atom stereocenters. The lowest BCUT2D eigenvalue weighted by atomic mass is 9.97. The monoisotopic (exact) mass is 277 g/mol. The molecule has 0 saturated carbocycles. The Morgan fingerprint density at radius 3 is 2.85 bits per heavy atom. The maximum Gasteiger partial charge on any atom is 0.341 e. The van der Waals surface area contributed by atoms with E-state index >= 15 is 0 Å². The third kappa shape index (κ3) is 2.39. The van der Waals surface area contributed by atoms with E-state index < -0.39 is 5.97 Å². The number of aliphatic hydroxyl groups excluding tert-OH is 1. The van der Waals surface area contributed by atoms with Crippen molar-refractivity contribution in [1.29, 1.82) is 0 Å². The number of aliphatic hydroxyl groups is 1. The lowest BCUT2D eigenvalue weighted by Gasteiger charge is -2.23. The fourth-order valence-corrected chi connectivity index (χ4v) is 3.33. The van der Waals surface area contributed by atoms with Crippen molar-refractivity contribution in [2.24, 2.45) is 5.92 Å². The molecule has 3 atom stereocenters. The van der Waals surface area contributed by atoms with Crippen LogP contribution in [-0.4, -0.2) is 52.9 Å². The van der Waals surface area contributed by atoms with E-state index in [1.165, 1.54) is 6.07 Å². The van der Waals surface area contributed by atoms with Crippen LogP contribution in [0.5, 0.6) is 5.75 Å². The van der Waals surface area contributed by atoms with Gasteiger partial charge in [0.05, 0.1) is 12.7 Å². The molecule has 0 bridgehead atoms. The SMILES string of the molecule is O=C(OC[C@H]1CCN2CC[C@@H](O)[C@@H]12)c1ccccc1O. The Labute approximate surface area is 117 Å². The lowest BCUT2D eigenvalue weighted by Crippen LogP contribution is -2.36. The van der Waals surface area contributed by atoms with Gasteiger partial charge in [-0.3, -0.25) is 4.90 Å². The van der Waals surface area contributed by atoms with Crippen LogP contribution < -0.4 is 0 Å². The zero-order chi connectivity index (χ0) is 14.1. The molecule has 2 N–H and O–H groups in total. The van der Waals surface area contributed by atoms with Crippen LogP contribution >= 0.6 is 0 Å². The summed E-state index contributed by atoms with van der Waals surface area (Å²) in [6, 6.07) is 6.48. The maximum absolute atomic E-state index is 11.9. The van der Waals surface area contributed by atoms with E-state index in [1.807, 2.05) is 0 Å². The van der Waals surface area contributed by atoms with Crippen molar-refractivity contribution in [2.45, 2.75) is 25.0 Å².